The van der Waals surface area contributed by atoms with E-state index in [-0.39, 0.29) is 0 Å². The molecule has 3 nitrogen and oxygen atoms in total. The van der Waals surface area contributed by atoms with Crippen LogP contribution in [0.4, 0.5) is 0 Å². The van der Waals surface area contributed by atoms with Crippen LogP contribution in [-0.4, -0.2) is 9.97 Å². The van der Waals surface area contributed by atoms with Gasteiger partial charge >= 0.3 is 0 Å². The predicted octanol–water partition coefficient (Wildman–Crippen LogP) is 2.26. The quantitative estimate of drug-likeness (QED) is 0.803. The molecule has 2 N–H and O–H groups in total. The minimum absolute atomic E-state index is 0.831. The number of nitrogens with one attached hydrogen (secondary N) is 2. The van der Waals surface area contributed by atoms with Crippen LogP contribution in [0.15, 0.2) is 36.8 Å². The average molecular weight is 215 g/mol. The van der Waals surface area contributed by atoms with Crippen LogP contribution < -0.4 is 5.32 Å². The van der Waals surface area contributed by atoms with Gasteiger partial charge in [0.25, 0.3) is 0 Å². The molecule has 0 fully saturated rings. The number of aromatic amines is 1. The average Bonchev–Trinajstić information content (AvgIpc) is 2.83. The van der Waals surface area contributed by atoms with Crippen LogP contribution in [0.3, 0.4) is 0 Å². The zero-order valence-corrected chi connectivity index (χ0v) is 9.53. The van der Waals surface area contributed by atoms with Crippen molar-refractivity contribution in [2.45, 2.75) is 26.4 Å². The second kappa shape index (κ2) is 5.47. The Labute approximate surface area is 95.9 Å². The fourth-order valence-electron chi connectivity index (χ4n) is 1.79. The summed E-state index contributed by atoms with van der Waals surface area (Å²) in [7, 11) is 0. The molecule has 3 heteroatoms. The van der Waals surface area contributed by atoms with Crippen LogP contribution in [0.5, 0.6) is 0 Å². The van der Waals surface area contributed by atoms with Gasteiger partial charge in [-0.1, -0.05) is 31.2 Å². The normalized spacial score (nSPS) is 10.6. The molecule has 0 bridgehead atoms. The number of rotatable bonds is 5. The highest BCUT2D eigenvalue weighted by atomic mass is 14.9. The fourth-order valence-corrected chi connectivity index (χ4v) is 1.79. The van der Waals surface area contributed by atoms with Crippen molar-refractivity contribution in [1.82, 2.24) is 15.3 Å². The molecule has 2 aromatic rings. The molecule has 16 heavy (non-hydrogen) atoms. The molecule has 0 aliphatic rings. The topological polar surface area (TPSA) is 40.7 Å². The molecule has 1 heterocycles. The van der Waals surface area contributed by atoms with Crippen molar-refractivity contribution in [3.05, 3.63) is 53.6 Å². The summed E-state index contributed by atoms with van der Waals surface area (Å²) in [6.07, 6.45) is 4.64. The molecular weight excluding hydrogens is 198 g/mol. The molecular formula is C13H17N3. The SMILES string of the molecule is CCc1ccccc1CNCc1cnc[nH]1. The van der Waals surface area contributed by atoms with Crippen LogP contribution in [-0.2, 0) is 19.5 Å². The lowest BCUT2D eigenvalue weighted by Crippen LogP contribution is -2.14. The Morgan fingerprint density at radius 3 is 2.69 bits per heavy atom. The Morgan fingerprint density at radius 2 is 2.00 bits per heavy atom. The molecule has 0 radical (unpaired) electrons. The van der Waals surface area contributed by atoms with Crippen molar-refractivity contribution in [3.8, 4) is 0 Å². The van der Waals surface area contributed by atoms with E-state index in [2.05, 4.69) is 46.5 Å². The second-order valence-electron chi connectivity index (χ2n) is 3.80. The maximum atomic E-state index is 3.99. The lowest BCUT2D eigenvalue weighted by atomic mass is 10.1. The van der Waals surface area contributed by atoms with E-state index >= 15 is 0 Å². The van der Waals surface area contributed by atoms with E-state index in [1.54, 1.807) is 6.33 Å². The Balaban J connectivity index is 1.89. The third kappa shape index (κ3) is 2.70. The van der Waals surface area contributed by atoms with Gasteiger partial charge < -0.3 is 10.3 Å². The van der Waals surface area contributed by atoms with E-state index in [0.717, 1.165) is 25.2 Å². The molecule has 1 aromatic heterocycles. The van der Waals surface area contributed by atoms with Crippen molar-refractivity contribution in [2.75, 3.05) is 0 Å². The molecule has 0 unspecified atom stereocenters. The van der Waals surface area contributed by atoms with Gasteiger partial charge in [0.15, 0.2) is 0 Å². The number of H-pyrrole nitrogens is 1. The number of hydrogen-bond acceptors (Lipinski definition) is 2. The van der Waals surface area contributed by atoms with Crippen molar-refractivity contribution >= 4 is 0 Å². The van der Waals surface area contributed by atoms with E-state index in [1.165, 1.54) is 11.1 Å². The summed E-state index contributed by atoms with van der Waals surface area (Å²) in [5.41, 5.74) is 3.91. The lowest BCUT2D eigenvalue weighted by molar-refractivity contribution is 0.678. The first-order chi connectivity index (χ1) is 7.90. The van der Waals surface area contributed by atoms with Gasteiger partial charge in [-0.05, 0) is 17.5 Å². The predicted molar refractivity (Wildman–Crippen MR) is 65.0 cm³/mol. The van der Waals surface area contributed by atoms with Gasteiger partial charge in [0.1, 0.15) is 0 Å². The molecule has 0 saturated carbocycles. The maximum absolute atomic E-state index is 3.99. The van der Waals surface area contributed by atoms with Crippen LogP contribution >= 0.6 is 0 Å². The first-order valence-corrected chi connectivity index (χ1v) is 5.65. The van der Waals surface area contributed by atoms with Crippen molar-refractivity contribution < 1.29 is 0 Å². The number of aryl methyl sites for hydroxylation is 1. The zero-order chi connectivity index (χ0) is 11.2. The van der Waals surface area contributed by atoms with E-state index < -0.39 is 0 Å². The highest BCUT2D eigenvalue weighted by Crippen LogP contribution is 2.09. The van der Waals surface area contributed by atoms with Gasteiger partial charge in [0.05, 0.1) is 6.33 Å². The molecule has 2 rings (SSSR count). The smallest absolute Gasteiger partial charge is 0.0922 e. The van der Waals surface area contributed by atoms with Crippen molar-refractivity contribution in [2.24, 2.45) is 0 Å². The Morgan fingerprint density at radius 1 is 1.19 bits per heavy atom. The first kappa shape index (κ1) is 10.9. The zero-order valence-electron chi connectivity index (χ0n) is 9.53. The first-order valence-electron chi connectivity index (χ1n) is 5.65. The largest absolute Gasteiger partial charge is 0.347 e. The van der Waals surface area contributed by atoms with Gasteiger partial charge in [0, 0.05) is 25.0 Å². The van der Waals surface area contributed by atoms with Crippen molar-refractivity contribution in [3.63, 3.8) is 0 Å². The molecule has 84 valence electrons. The second-order valence-corrected chi connectivity index (χ2v) is 3.80. The van der Waals surface area contributed by atoms with Crippen LogP contribution in [0, 0.1) is 0 Å². The minimum atomic E-state index is 0.831. The summed E-state index contributed by atoms with van der Waals surface area (Å²) >= 11 is 0. The third-order valence-electron chi connectivity index (χ3n) is 2.69. The number of benzene rings is 1. The highest BCUT2D eigenvalue weighted by Gasteiger charge is 1.99. The van der Waals surface area contributed by atoms with E-state index in [0.29, 0.717) is 0 Å². The summed E-state index contributed by atoms with van der Waals surface area (Å²) in [6, 6.07) is 8.55. The van der Waals surface area contributed by atoms with Gasteiger partial charge in [-0.15, -0.1) is 0 Å². The molecule has 0 saturated heterocycles. The number of imidazole rings is 1. The Kier molecular flexibility index (Phi) is 3.72. The number of nitrogens with zero attached hydrogens (tertiary/aromatic N) is 1. The number of hydrogen-bond donors (Lipinski definition) is 2. The Hall–Kier alpha value is -1.61. The molecule has 0 aliphatic heterocycles. The van der Waals surface area contributed by atoms with Crippen molar-refractivity contribution in [1.29, 1.82) is 0 Å². The van der Waals surface area contributed by atoms with Crippen LogP contribution in [0.1, 0.15) is 23.7 Å². The van der Waals surface area contributed by atoms with Gasteiger partial charge in [0.2, 0.25) is 0 Å². The summed E-state index contributed by atoms with van der Waals surface area (Å²) in [4.78, 5) is 7.06. The van der Waals surface area contributed by atoms with E-state index in [1.807, 2.05) is 6.20 Å². The van der Waals surface area contributed by atoms with Gasteiger partial charge in [-0.25, -0.2) is 4.98 Å². The molecule has 1 aromatic carbocycles. The van der Waals surface area contributed by atoms with E-state index in [4.69, 9.17) is 0 Å². The molecule has 0 spiro atoms. The summed E-state index contributed by atoms with van der Waals surface area (Å²) in [5.74, 6) is 0. The highest BCUT2D eigenvalue weighted by molar-refractivity contribution is 5.26. The number of aromatic nitrogens is 2. The minimum Gasteiger partial charge on any atom is -0.347 e. The maximum Gasteiger partial charge on any atom is 0.0922 e. The molecule has 0 atom stereocenters. The van der Waals surface area contributed by atoms with Crippen LogP contribution in [0.25, 0.3) is 0 Å². The van der Waals surface area contributed by atoms with Gasteiger partial charge in [-0.3, -0.25) is 0 Å². The van der Waals surface area contributed by atoms with Gasteiger partial charge in [-0.2, -0.15) is 0 Å². The van der Waals surface area contributed by atoms with E-state index in [9.17, 15) is 0 Å². The summed E-state index contributed by atoms with van der Waals surface area (Å²) in [5, 5.41) is 3.41. The summed E-state index contributed by atoms with van der Waals surface area (Å²) < 4.78 is 0. The monoisotopic (exact) mass is 215 g/mol. The summed E-state index contributed by atoms with van der Waals surface area (Å²) in [6.45, 7) is 3.93. The Bertz CT molecular complexity index is 421. The molecule has 0 aliphatic carbocycles. The standard InChI is InChI=1S/C13H17N3/c1-2-11-5-3-4-6-12(11)7-14-8-13-9-15-10-16-13/h3-6,9-10,14H,2,7-8H2,1H3,(H,15,16). The fraction of sp³-hybridized carbons (Fsp3) is 0.308. The lowest BCUT2D eigenvalue weighted by Gasteiger charge is -2.08. The molecule has 0 amide bonds. The van der Waals surface area contributed by atoms with Crippen LogP contribution in [0.2, 0.25) is 0 Å². The third-order valence-corrected chi connectivity index (χ3v) is 2.69.